The molecule has 1 aliphatic rings. The zero-order valence-electron chi connectivity index (χ0n) is 19.8. The van der Waals surface area contributed by atoms with Crippen LogP contribution in [0.3, 0.4) is 0 Å². The molecule has 37 heavy (non-hydrogen) atoms. The summed E-state index contributed by atoms with van der Waals surface area (Å²) in [4.78, 5) is 29.7. The maximum absolute atomic E-state index is 13.2. The zero-order chi connectivity index (χ0) is 26.2. The molecule has 5 rings (SSSR count). The van der Waals surface area contributed by atoms with Gasteiger partial charge in [0.25, 0.3) is 5.91 Å². The van der Waals surface area contributed by atoms with Crippen molar-refractivity contribution in [2.45, 2.75) is 24.4 Å². The standard InChI is InChI=1S/C26H22BrN3O5S2/c1-35-24(31)16-30-22-11-8-20(27)14-23(22)36-26(30)28-25(32)18-6-9-21(10-7-18)37(33,34)29-13-12-17-4-2-3-5-19(17)15-29/h2-11,14H,12-13,15-16H2,1H3. The van der Waals surface area contributed by atoms with Crippen LogP contribution in [0.15, 0.2) is 81.1 Å². The predicted molar refractivity (Wildman–Crippen MR) is 144 cm³/mol. The number of methoxy groups -OCH3 is 1. The molecule has 0 atom stereocenters. The quantitative estimate of drug-likeness (QED) is 0.321. The Kier molecular flexibility index (Phi) is 7.13. The number of carbonyl (C=O) groups is 2. The molecule has 3 aromatic carbocycles. The molecule has 0 saturated heterocycles. The van der Waals surface area contributed by atoms with Crippen LogP contribution in [-0.2, 0) is 39.1 Å². The lowest BCUT2D eigenvalue weighted by molar-refractivity contribution is -0.141. The predicted octanol–water partition coefficient (Wildman–Crippen LogP) is 4.13. The lowest BCUT2D eigenvalue weighted by Gasteiger charge is -2.28. The van der Waals surface area contributed by atoms with Crippen LogP contribution in [0.25, 0.3) is 10.2 Å². The Bertz CT molecular complexity index is 1690. The molecule has 0 saturated carbocycles. The summed E-state index contributed by atoms with van der Waals surface area (Å²) in [5.74, 6) is -1.01. The van der Waals surface area contributed by atoms with Gasteiger partial charge in [-0.15, -0.1) is 0 Å². The van der Waals surface area contributed by atoms with Crippen molar-refractivity contribution in [3.8, 4) is 0 Å². The first kappa shape index (κ1) is 25.5. The van der Waals surface area contributed by atoms with Crippen LogP contribution >= 0.6 is 27.3 Å². The van der Waals surface area contributed by atoms with Gasteiger partial charge in [-0.25, -0.2) is 8.42 Å². The highest BCUT2D eigenvalue weighted by atomic mass is 79.9. The molecule has 0 N–H and O–H groups in total. The molecule has 0 radical (unpaired) electrons. The molecule has 190 valence electrons. The monoisotopic (exact) mass is 599 g/mol. The van der Waals surface area contributed by atoms with Gasteiger partial charge in [0.1, 0.15) is 6.54 Å². The van der Waals surface area contributed by atoms with E-state index in [0.717, 1.165) is 25.8 Å². The van der Waals surface area contributed by atoms with Crippen molar-refractivity contribution in [3.05, 3.63) is 92.7 Å². The highest BCUT2D eigenvalue weighted by molar-refractivity contribution is 9.10. The van der Waals surface area contributed by atoms with E-state index in [-0.39, 0.29) is 17.0 Å². The summed E-state index contributed by atoms with van der Waals surface area (Å²) in [5.41, 5.74) is 3.15. The van der Waals surface area contributed by atoms with Crippen molar-refractivity contribution in [2.75, 3.05) is 13.7 Å². The van der Waals surface area contributed by atoms with Crippen molar-refractivity contribution in [2.24, 2.45) is 4.99 Å². The van der Waals surface area contributed by atoms with Crippen molar-refractivity contribution in [1.82, 2.24) is 8.87 Å². The summed E-state index contributed by atoms with van der Waals surface area (Å²) in [7, 11) is -2.42. The molecule has 1 aromatic heterocycles. The van der Waals surface area contributed by atoms with Gasteiger partial charge < -0.3 is 9.30 Å². The lowest BCUT2D eigenvalue weighted by Crippen LogP contribution is -2.35. The molecule has 1 amide bonds. The molecule has 0 aliphatic carbocycles. The summed E-state index contributed by atoms with van der Waals surface area (Å²) >= 11 is 4.70. The van der Waals surface area contributed by atoms with E-state index in [1.165, 1.54) is 47.0 Å². The number of fused-ring (bicyclic) bond motifs is 2. The number of thiazole rings is 1. The van der Waals surface area contributed by atoms with Crippen LogP contribution in [0.2, 0.25) is 0 Å². The SMILES string of the molecule is COC(=O)Cn1c(=NC(=O)c2ccc(S(=O)(=O)N3CCc4ccccc4C3)cc2)sc2cc(Br)ccc21. The van der Waals surface area contributed by atoms with Crippen molar-refractivity contribution < 1.29 is 22.7 Å². The van der Waals surface area contributed by atoms with Crippen molar-refractivity contribution >= 4 is 59.4 Å². The maximum atomic E-state index is 13.2. The molecule has 1 aliphatic heterocycles. The Morgan fingerprint density at radius 2 is 1.78 bits per heavy atom. The van der Waals surface area contributed by atoms with Gasteiger partial charge in [-0.1, -0.05) is 51.5 Å². The van der Waals surface area contributed by atoms with E-state index in [1.54, 1.807) is 4.57 Å². The van der Waals surface area contributed by atoms with Crippen LogP contribution in [0, 0.1) is 0 Å². The van der Waals surface area contributed by atoms with E-state index in [1.807, 2.05) is 42.5 Å². The average molecular weight is 601 g/mol. The third kappa shape index (κ3) is 5.17. The molecule has 2 heterocycles. The fourth-order valence-electron chi connectivity index (χ4n) is 4.22. The molecular formula is C26H22BrN3O5S2. The Morgan fingerprint density at radius 3 is 2.51 bits per heavy atom. The first-order valence-electron chi connectivity index (χ1n) is 11.4. The Labute approximate surface area is 226 Å². The van der Waals surface area contributed by atoms with E-state index >= 15 is 0 Å². The summed E-state index contributed by atoms with van der Waals surface area (Å²) in [6, 6.07) is 19.2. The Hall–Kier alpha value is -3.12. The minimum absolute atomic E-state index is 0.0968. The van der Waals surface area contributed by atoms with E-state index in [4.69, 9.17) is 4.74 Å². The molecule has 11 heteroatoms. The number of benzene rings is 3. The third-order valence-corrected chi connectivity index (χ3v) is 9.59. The molecule has 0 fully saturated rings. The third-order valence-electron chi connectivity index (χ3n) is 6.19. The number of halogens is 1. The highest BCUT2D eigenvalue weighted by Crippen LogP contribution is 2.26. The van der Waals surface area contributed by atoms with Gasteiger partial charge in [-0.05, 0) is 60.0 Å². The minimum Gasteiger partial charge on any atom is -0.468 e. The lowest BCUT2D eigenvalue weighted by atomic mass is 10.0. The second kappa shape index (κ2) is 10.3. The van der Waals surface area contributed by atoms with E-state index in [9.17, 15) is 18.0 Å². The molecule has 0 bridgehead atoms. The topological polar surface area (TPSA) is 98.0 Å². The van der Waals surface area contributed by atoms with Gasteiger partial charge in [0, 0.05) is 23.1 Å². The average Bonchev–Trinajstić information content (AvgIpc) is 3.23. The number of carbonyl (C=O) groups excluding carboxylic acids is 2. The second-order valence-electron chi connectivity index (χ2n) is 8.46. The van der Waals surface area contributed by atoms with Crippen LogP contribution in [0.5, 0.6) is 0 Å². The van der Waals surface area contributed by atoms with Crippen LogP contribution < -0.4 is 4.80 Å². The summed E-state index contributed by atoms with van der Waals surface area (Å²) in [5, 5.41) is 0. The Morgan fingerprint density at radius 1 is 1.05 bits per heavy atom. The number of sulfonamides is 1. The van der Waals surface area contributed by atoms with Crippen molar-refractivity contribution in [1.29, 1.82) is 0 Å². The molecule has 8 nitrogen and oxygen atoms in total. The number of nitrogens with zero attached hydrogens (tertiary/aromatic N) is 3. The number of amides is 1. The number of rotatable bonds is 5. The number of hydrogen-bond acceptors (Lipinski definition) is 6. The van der Waals surface area contributed by atoms with Gasteiger partial charge in [0.2, 0.25) is 10.0 Å². The molecule has 0 unspecified atom stereocenters. The fourth-order valence-corrected chi connectivity index (χ4v) is 7.22. The van der Waals surface area contributed by atoms with E-state index in [0.29, 0.717) is 24.3 Å². The largest absolute Gasteiger partial charge is 0.468 e. The smallest absolute Gasteiger partial charge is 0.325 e. The first-order valence-corrected chi connectivity index (χ1v) is 14.4. The zero-order valence-corrected chi connectivity index (χ0v) is 23.0. The van der Waals surface area contributed by atoms with Crippen LogP contribution in [0.1, 0.15) is 21.5 Å². The van der Waals surface area contributed by atoms with E-state index < -0.39 is 21.9 Å². The first-order chi connectivity index (χ1) is 17.8. The molecule has 0 spiro atoms. The van der Waals surface area contributed by atoms with Gasteiger partial charge in [0.15, 0.2) is 4.80 Å². The number of ether oxygens (including phenoxy) is 1. The summed E-state index contributed by atoms with van der Waals surface area (Å²) < 4.78 is 36.1. The van der Waals surface area contributed by atoms with Gasteiger partial charge in [-0.3, -0.25) is 9.59 Å². The number of aromatic nitrogens is 1. The second-order valence-corrected chi connectivity index (χ2v) is 12.3. The van der Waals surface area contributed by atoms with E-state index in [2.05, 4.69) is 20.9 Å². The molecular weight excluding hydrogens is 578 g/mol. The normalized spacial score (nSPS) is 14.5. The Balaban J connectivity index is 1.43. The number of hydrogen-bond donors (Lipinski definition) is 0. The summed E-state index contributed by atoms with van der Waals surface area (Å²) in [6.07, 6.45) is 0.655. The van der Waals surface area contributed by atoms with Crippen LogP contribution in [-0.4, -0.2) is 42.8 Å². The fraction of sp³-hybridized carbons (Fsp3) is 0.192. The maximum Gasteiger partial charge on any atom is 0.325 e. The minimum atomic E-state index is -3.72. The highest BCUT2D eigenvalue weighted by Gasteiger charge is 2.28. The molecule has 4 aromatic rings. The van der Waals surface area contributed by atoms with Gasteiger partial charge in [-0.2, -0.15) is 9.30 Å². The van der Waals surface area contributed by atoms with Gasteiger partial charge >= 0.3 is 5.97 Å². The number of esters is 1. The van der Waals surface area contributed by atoms with Crippen molar-refractivity contribution in [3.63, 3.8) is 0 Å². The van der Waals surface area contributed by atoms with Crippen LogP contribution in [0.4, 0.5) is 0 Å². The van der Waals surface area contributed by atoms with Gasteiger partial charge in [0.05, 0.1) is 22.2 Å². The summed E-state index contributed by atoms with van der Waals surface area (Å²) in [6.45, 7) is 0.620.